The van der Waals surface area contributed by atoms with Crippen LogP contribution in [0.5, 0.6) is 0 Å². The predicted octanol–water partition coefficient (Wildman–Crippen LogP) is 2.94. The molecule has 5 rings (SSSR count). The lowest BCUT2D eigenvalue weighted by Gasteiger charge is -2.17. The number of nitrogens with zero attached hydrogens (tertiary/aromatic N) is 4. The molecule has 0 N–H and O–H groups in total. The lowest BCUT2D eigenvalue weighted by atomic mass is 10.1. The van der Waals surface area contributed by atoms with Crippen molar-refractivity contribution in [3.63, 3.8) is 0 Å². The van der Waals surface area contributed by atoms with E-state index >= 15 is 0 Å². The smallest absolute Gasteiger partial charge is 0.243 e. The van der Waals surface area contributed by atoms with Crippen LogP contribution in [0, 0.1) is 0 Å². The molecule has 6 nitrogen and oxygen atoms in total. The number of rotatable bonds is 4. The Morgan fingerprint density at radius 2 is 1.81 bits per heavy atom. The summed E-state index contributed by atoms with van der Waals surface area (Å²) in [5, 5.41) is 10.5. The summed E-state index contributed by atoms with van der Waals surface area (Å²) >= 11 is 0. The standard InChI is InChI=1S/C19H20N4O2S/c24-26(25,18-8-7-14-3-1-2-4-16(14)11-18)22-10-9-17(12-22)23-13-19(20-21-23)15-5-6-15/h1-4,7-8,11,13,15,17H,5-6,9-10,12H2. The molecule has 1 unspecified atom stereocenters. The van der Waals surface area contributed by atoms with Crippen molar-refractivity contribution in [1.29, 1.82) is 0 Å². The summed E-state index contributed by atoms with van der Waals surface area (Å²) in [6.07, 6.45) is 5.13. The van der Waals surface area contributed by atoms with Gasteiger partial charge in [0.05, 0.1) is 16.6 Å². The Hall–Kier alpha value is -2.25. The van der Waals surface area contributed by atoms with Gasteiger partial charge >= 0.3 is 0 Å². The SMILES string of the molecule is O=S(=O)(c1ccc2ccccc2c1)N1CCC(n2cc(C3CC3)nn2)C1. The fourth-order valence-corrected chi connectivity index (χ4v) is 5.18. The van der Waals surface area contributed by atoms with Crippen molar-refractivity contribution < 1.29 is 8.42 Å². The van der Waals surface area contributed by atoms with Crippen molar-refractivity contribution in [3.8, 4) is 0 Å². The zero-order chi connectivity index (χ0) is 17.7. The Bertz CT molecular complexity index is 1070. The van der Waals surface area contributed by atoms with Crippen LogP contribution < -0.4 is 0 Å². The number of aromatic nitrogens is 3. The lowest BCUT2D eigenvalue weighted by molar-refractivity contribution is 0.428. The van der Waals surface area contributed by atoms with Crippen LogP contribution in [-0.2, 0) is 10.0 Å². The van der Waals surface area contributed by atoms with Gasteiger partial charge in [0.2, 0.25) is 10.0 Å². The number of hydrogen-bond acceptors (Lipinski definition) is 4. The summed E-state index contributed by atoms with van der Waals surface area (Å²) < 4.78 is 29.5. The summed E-state index contributed by atoms with van der Waals surface area (Å²) in [5.41, 5.74) is 1.04. The first-order valence-corrected chi connectivity index (χ1v) is 10.5. The minimum Gasteiger partial charge on any atom is -0.248 e. The fourth-order valence-electron chi connectivity index (χ4n) is 3.66. The van der Waals surface area contributed by atoms with Crippen LogP contribution in [0.2, 0.25) is 0 Å². The summed E-state index contributed by atoms with van der Waals surface area (Å²) in [6, 6.07) is 13.2. The Kier molecular flexibility index (Phi) is 3.62. The van der Waals surface area contributed by atoms with Crippen molar-refractivity contribution in [1.82, 2.24) is 19.3 Å². The van der Waals surface area contributed by atoms with E-state index in [0.717, 1.165) is 22.9 Å². The van der Waals surface area contributed by atoms with E-state index in [-0.39, 0.29) is 6.04 Å². The van der Waals surface area contributed by atoms with Crippen molar-refractivity contribution in [2.24, 2.45) is 0 Å². The third-order valence-electron chi connectivity index (χ3n) is 5.38. The molecular formula is C19H20N4O2S. The van der Waals surface area contributed by atoms with E-state index in [9.17, 15) is 8.42 Å². The first-order valence-electron chi connectivity index (χ1n) is 9.02. The maximum absolute atomic E-state index is 13.1. The van der Waals surface area contributed by atoms with Gasteiger partial charge in [0.25, 0.3) is 0 Å². The van der Waals surface area contributed by atoms with Crippen LogP contribution in [0.3, 0.4) is 0 Å². The van der Waals surface area contributed by atoms with Crippen molar-refractivity contribution in [2.75, 3.05) is 13.1 Å². The lowest BCUT2D eigenvalue weighted by Crippen LogP contribution is -2.29. The van der Waals surface area contributed by atoms with Crippen LogP contribution in [0.25, 0.3) is 10.8 Å². The molecule has 1 saturated heterocycles. The third-order valence-corrected chi connectivity index (χ3v) is 7.24. The molecule has 3 aromatic rings. The molecule has 1 aliphatic heterocycles. The Labute approximate surface area is 152 Å². The molecule has 1 atom stereocenters. The zero-order valence-electron chi connectivity index (χ0n) is 14.3. The molecule has 26 heavy (non-hydrogen) atoms. The van der Waals surface area contributed by atoms with E-state index in [2.05, 4.69) is 10.3 Å². The van der Waals surface area contributed by atoms with Gasteiger partial charge in [-0.05, 0) is 42.2 Å². The third kappa shape index (κ3) is 2.71. The van der Waals surface area contributed by atoms with Gasteiger partial charge in [0, 0.05) is 25.2 Å². The highest BCUT2D eigenvalue weighted by Crippen LogP contribution is 2.39. The van der Waals surface area contributed by atoms with E-state index < -0.39 is 10.0 Å². The zero-order valence-corrected chi connectivity index (χ0v) is 15.1. The van der Waals surface area contributed by atoms with Crippen molar-refractivity contribution >= 4 is 20.8 Å². The van der Waals surface area contributed by atoms with E-state index in [0.29, 0.717) is 23.9 Å². The van der Waals surface area contributed by atoms with Crippen molar-refractivity contribution in [3.05, 3.63) is 54.4 Å². The normalized spacial score (nSPS) is 21.5. The molecule has 2 aliphatic rings. The second-order valence-corrected chi connectivity index (χ2v) is 9.15. The quantitative estimate of drug-likeness (QED) is 0.710. The Morgan fingerprint density at radius 1 is 1.00 bits per heavy atom. The van der Waals surface area contributed by atoms with Gasteiger partial charge in [-0.1, -0.05) is 35.5 Å². The number of sulfonamides is 1. The fraction of sp³-hybridized carbons (Fsp3) is 0.368. The highest BCUT2D eigenvalue weighted by molar-refractivity contribution is 7.89. The topological polar surface area (TPSA) is 68.1 Å². The molecule has 1 aromatic heterocycles. The van der Waals surface area contributed by atoms with Crippen LogP contribution in [0.4, 0.5) is 0 Å². The average molecular weight is 368 g/mol. The van der Waals surface area contributed by atoms with Gasteiger partial charge < -0.3 is 0 Å². The molecule has 1 saturated carbocycles. The minimum absolute atomic E-state index is 0.0604. The van der Waals surface area contributed by atoms with Crippen molar-refractivity contribution in [2.45, 2.75) is 36.1 Å². The second-order valence-electron chi connectivity index (χ2n) is 7.21. The van der Waals surface area contributed by atoms with Gasteiger partial charge in [-0.2, -0.15) is 4.31 Å². The van der Waals surface area contributed by atoms with Gasteiger partial charge in [-0.15, -0.1) is 5.10 Å². The molecule has 0 bridgehead atoms. The van der Waals surface area contributed by atoms with Crippen LogP contribution in [0.15, 0.2) is 53.6 Å². The second kappa shape index (κ2) is 5.89. The molecule has 134 valence electrons. The Morgan fingerprint density at radius 3 is 2.62 bits per heavy atom. The summed E-state index contributed by atoms with van der Waals surface area (Å²) in [4.78, 5) is 0.356. The van der Waals surface area contributed by atoms with E-state index in [4.69, 9.17) is 0 Å². The van der Waals surface area contributed by atoms with E-state index in [1.54, 1.807) is 16.4 Å². The van der Waals surface area contributed by atoms with Gasteiger partial charge in [-0.3, -0.25) is 0 Å². The molecule has 0 radical (unpaired) electrons. The molecule has 2 heterocycles. The van der Waals surface area contributed by atoms with Crippen LogP contribution in [-0.4, -0.2) is 40.8 Å². The largest absolute Gasteiger partial charge is 0.248 e. The summed E-state index contributed by atoms with van der Waals surface area (Å²) in [5.74, 6) is 0.558. The average Bonchev–Trinajstić information content (AvgIpc) is 3.19. The molecule has 1 aliphatic carbocycles. The van der Waals surface area contributed by atoms with Crippen LogP contribution in [0.1, 0.15) is 36.9 Å². The number of benzene rings is 2. The summed E-state index contributed by atoms with van der Waals surface area (Å²) in [7, 11) is -3.50. The highest BCUT2D eigenvalue weighted by atomic mass is 32.2. The molecule has 0 spiro atoms. The molecule has 0 amide bonds. The predicted molar refractivity (Wildman–Crippen MR) is 98.4 cm³/mol. The van der Waals surface area contributed by atoms with E-state index in [1.165, 1.54) is 12.8 Å². The molecule has 7 heteroatoms. The van der Waals surface area contributed by atoms with Gasteiger partial charge in [0.15, 0.2) is 0 Å². The monoisotopic (exact) mass is 368 g/mol. The number of fused-ring (bicyclic) bond motifs is 1. The maximum atomic E-state index is 13.1. The Balaban J connectivity index is 1.39. The number of hydrogen-bond donors (Lipinski definition) is 0. The highest BCUT2D eigenvalue weighted by Gasteiger charge is 2.35. The first kappa shape index (κ1) is 16.0. The van der Waals surface area contributed by atoms with Crippen LogP contribution >= 0.6 is 0 Å². The molecule has 2 fully saturated rings. The van der Waals surface area contributed by atoms with Gasteiger partial charge in [-0.25, -0.2) is 13.1 Å². The maximum Gasteiger partial charge on any atom is 0.243 e. The molecule has 2 aromatic carbocycles. The van der Waals surface area contributed by atoms with E-state index in [1.807, 2.05) is 41.2 Å². The van der Waals surface area contributed by atoms with Gasteiger partial charge in [0.1, 0.15) is 0 Å². The summed E-state index contributed by atoms with van der Waals surface area (Å²) in [6.45, 7) is 0.959. The molecular weight excluding hydrogens is 348 g/mol. The minimum atomic E-state index is -3.50. The first-order chi connectivity index (χ1) is 12.6.